The van der Waals surface area contributed by atoms with Crippen LogP contribution in [0.25, 0.3) is 0 Å². The minimum absolute atomic E-state index is 0.0820. The van der Waals surface area contributed by atoms with Gasteiger partial charge in [-0.2, -0.15) is 0 Å². The molecule has 1 aliphatic heterocycles. The van der Waals surface area contributed by atoms with E-state index in [2.05, 4.69) is 0 Å². The number of anilines is 1. The second-order valence-corrected chi connectivity index (χ2v) is 3.77. The summed E-state index contributed by atoms with van der Waals surface area (Å²) in [6, 6.07) is 4.81. The lowest BCUT2D eigenvalue weighted by Crippen LogP contribution is -2.42. The molecule has 0 aliphatic carbocycles. The Morgan fingerprint density at radius 2 is 2.06 bits per heavy atom. The van der Waals surface area contributed by atoms with Gasteiger partial charge >= 0.3 is 6.98 Å². The molecule has 1 aromatic carbocycles. The molecule has 3 nitrogen and oxygen atoms in total. The first-order valence-corrected chi connectivity index (χ1v) is 5.16. The minimum Gasteiger partial charge on any atom is -0.445 e. The van der Waals surface area contributed by atoms with Crippen LogP contribution in [0.4, 0.5) is 18.6 Å². The van der Waals surface area contributed by atoms with Crippen LogP contribution in [0.1, 0.15) is 0 Å². The van der Waals surface area contributed by atoms with Gasteiger partial charge < -0.3 is 22.6 Å². The van der Waals surface area contributed by atoms with Crippen molar-refractivity contribution in [3.63, 3.8) is 0 Å². The van der Waals surface area contributed by atoms with Crippen molar-refractivity contribution < 1.29 is 22.5 Å². The van der Waals surface area contributed by atoms with E-state index in [4.69, 9.17) is 4.74 Å². The van der Waals surface area contributed by atoms with Crippen molar-refractivity contribution in [2.24, 2.45) is 0 Å². The number of hydrogen-bond donors (Lipinski definition) is 0. The van der Waals surface area contributed by atoms with Crippen molar-refractivity contribution in [3.8, 4) is 0 Å². The molecule has 0 unspecified atom stereocenters. The van der Waals surface area contributed by atoms with E-state index in [0.29, 0.717) is 6.61 Å². The number of morpholine rings is 1. The summed E-state index contributed by atoms with van der Waals surface area (Å²) < 4.78 is 42.6. The molecule has 17 heavy (non-hydrogen) atoms. The number of carbonyl (C=O) groups is 1. The van der Waals surface area contributed by atoms with E-state index >= 15 is 0 Å². The predicted molar refractivity (Wildman–Crippen MR) is 58.3 cm³/mol. The summed E-state index contributed by atoms with van der Waals surface area (Å²) in [5.74, 6) is -0.317. The van der Waals surface area contributed by atoms with E-state index < -0.39 is 12.4 Å². The number of hydrogen-bond acceptors (Lipinski definition) is 2. The molecule has 0 aromatic heterocycles. The van der Waals surface area contributed by atoms with E-state index in [-0.39, 0.29) is 24.7 Å². The lowest BCUT2D eigenvalue weighted by atomic mass is 9.80. The van der Waals surface area contributed by atoms with Crippen molar-refractivity contribution in [3.05, 3.63) is 24.3 Å². The van der Waals surface area contributed by atoms with Crippen LogP contribution in [0.15, 0.2) is 24.3 Å². The van der Waals surface area contributed by atoms with E-state index in [1.54, 1.807) is 0 Å². The van der Waals surface area contributed by atoms with Gasteiger partial charge in [0.05, 0.1) is 6.61 Å². The second kappa shape index (κ2) is 4.41. The van der Waals surface area contributed by atoms with Crippen LogP contribution in [-0.2, 0) is 9.53 Å². The molecule has 0 spiro atoms. The van der Waals surface area contributed by atoms with Gasteiger partial charge in [0.15, 0.2) is 0 Å². The van der Waals surface area contributed by atoms with Gasteiger partial charge in [-0.15, -0.1) is 5.46 Å². The molecule has 1 aromatic rings. The van der Waals surface area contributed by atoms with Crippen LogP contribution < -0.4 is 10.4 Å². The Hall–Kier alpha value is -1.50. The lowest BCUT2D eigenvalue weighted by Gasteiger charge is -2.28. The smallest absolute Gasteiger partial charge is 0.445 e. The highest BCUT2D eigenvalue weighted by Gasteiger charge is 2.27. The monoisotopic (exact) mass is 244 g/mol. The average molecular weight is 244 g/mol. The number of ether oxygens (including phenoxy) is 1. The normalized spacial score (nSPS) is 17.4. The summed E-state index contributed by atoms with van der Waals surface area (Å²) in [4.78, 5) is 12.8. The maximum absolute atomic E-state index is 12.6. The number of amides is 1. The highest BCUT2D eigenvalue weighted by molar-refractivity contribution is 6.73. The maximum Gasteiger partial charge on any atom is 0.509 e. The van der Waals surface area contributed by atoms with Crippen molar-refractivity contribution >= 4 is 24.0 Å². The standard InChI is InChI=1S/C10H10BF3NO2/c12-11(13,14)8-2-1-3-9(6-8)15-4-5-17-7-10(15)16/h1-3,6H,4-5,7H2/q-1. The first-order valence-electron chi connectivity index (χ1n) is 5.16. The van der Waals surface area contributed by atoms with E-state index in [1.165, 1.54) is 17.0 Å². The van der Waals surface area contributed by atoms with Gasteiger partial charge in [-0.3, -0.25) is 4.79 Å². The number of rotatable bonds is 2. The van der Waals surface area contributed by atoms with Crippen molar-refractivity contribution in [1.82, 2.24) is 0 Å². The highest BCUT2D eigenvalue weighted by atomic mass is 19.4. The predicted octanol–water partition coefficient (Wildman–Crippen LogP) is 1.10. The summed E-state index contributed by atoms with van der Waals surface area (Å²) in [7, 11) is 0. The summed E-state index contributed by atoms with van der Waals surface area (Å²) in [6.07, 6.45) is 0. The quantitative estimate of drug-likeness (QED) is 0.729. The van der Waals surface area contributed by atoms with Gasteiger partial charge in [-0.05, 0) is 6.07 Å². The molecule has 0 saturated carbocycles. The Labute approximate surface area is 96.2 Å². The molecule has 1 saturated heterocycles. The second-order valence-electron chi connectivity index (χ2n) is 3.77. The molecule has 0 bridgehead atoms. The molecule has 92 valence electrons. The third-order valence-corrected chi connectivity index (χ3v) is 2.55. The summed E-state index contributed by atoms with van der Waals surface area (Å²) in [5.41, 5.74) is -0.420. The van der Waals surface area contributed by atoms with Crippen LogP contribution in [0.3, 0.4) is 0 Å². The van der Waals surface area contributed by atoms with Gasteiger partial charge in [-0.1, -0.05) is 18.2 Å². The fourth-order valence-corrected chi connectivity index (χ4v) is 1.69. The molecule has 7 heteroatoms. The van der Waals surface area contributed by atoms with E-state index in [1.807, 2.05) is 0 Å². The average Bonchev–Trinajstić information content (AvgIpc) is 2.29. The third-order valence-electron chi connectivity index (χ3n) is 2.55. The van der Waals surface area contributed by atoms with Crippen molar-refractivity contribution in [2.75, 3.05) is 24.7 Å². The molecule has 0 atom stereocenters. The molecular formula is C10H10BF3NO2-. The number of carbonyl (C=O) groups excluding carboxylic acids is 1. The van der Waals surface area contributed by atoms with Crippen LogP contribution in [0.2, 0.25) is 0 Å². The van der Waals surface area contributed by atoms with Gasteiger partial charge in [0.2, 0.25) is 0 Å². The zero-order chi connectivity index (χ0) is 12.5. The largest absolute Gasteiger partial charge is 0.509 e. The van der Waals surface area contributed by atoms with Crippen molar-refractivity contribution in [1.29, 1.82) is 0 Å². The topological polar surface area (TPSA) is 29.5 Å². The Bertz CT molecular complexity index is 436. The van der Waals surface area contributed by atoms with Crippen LogP contribution >= 0.6 is 0 Å². The third kappa shape index (κ3) is 2.61. The van der Waals surface area contributed by atoms with E-state index in [0.717, 1.165) is 12.1 Å². The maximum atomic E-state index is 12.6. The Morgan fingerprint density at radius 1 is 1.29 bits per heavy atom. The summed E-state index contributed by atoms with van der Waals surface area (Å²) in [5, 5.41) is 0. The zero-order valence-corrected chi connectivity index (χ0v) is 8.91. The SMILES string of the molecule is O=C1COCCN1c1cccc([B-](F)(F)F)c1. The molecule has 2 rings (SSSR count). The first kappa shape index (κ1) is 12.0. The lowest BCUT2D eigenvalue weighted by molar-refractivity contribution is -0.125. The van der Waals surface area contributed by atoms with Gasteiger partial charge in [0.1, 0.15) is 6.61 Å². The van der Waals surface area contributed by atoms with Crippen molar-refractivity contribution in [2.45, 2.75) is 0 Å². The summed E-state index contributed by atoms with van der Waals surface area (Å²) in [6.45, 7) is -4.49. The van der Waals surface area contributed by atoms with Crippen LogP contribution in [-0.4, -0.2) is 32.6 Å². The van der Waals surface area contributed by atoms with Gasteiger partial charge in [0, 0.05) is 12.2 Å². The molecule has 1 heterocycles. The van der Waals surface area contributed by atoms with Gasteiger partial charge in [0.25, 0.3) is 5.91 Å². The fourth-order valence-electron chi connectivity index (χ4n) is 1.69. The number of nitrogens with zero attached hydrogens (tertiary/aromatic N) is 1. The first-order chi connectivity index (χ1) is 7.98. The molecule has 0 radical (unpaired) electrons. The van der Waals surface area contributed by atoms with Crippen LogP contribution in [0.5, 0.6) is 0 Å². The molecule has 1 fully saturated rings. The highest BCUT2D eigenvalue weighted by Crippen LogP contribution is 2.18. The Balaban J connectivity index is 2.29. The summed E-state index contributed by atoms with van der Waals surface area (Å²) >= 11 is 0. The fraction of sp³-hybridized carbons (Fsp3) is 0.300. The minimum atomic E-state index is -5.04. The Kier molecular flexibility index (Phi) is 3.10. The molecule has 1 amide bonds. The Morgan fingerprint density at radius 3 is 2.71 bits per heavy atom. The molecule has 1 aliphatic rings. The molecule has 0 N–H and O–H groups in total. The number of halogens is 3. The number of benzene rings is 1. The molecular weight excluding hydrogens is 234 g/mol. The van der Waals surface area contributed by atoms with Crippen LogP contribution in [0, 0.1) is 0 Å². The van der Waals surface area contributed by atoms with E-state index in [9.17, 15) is 17.7 Å². The zero-order valence-electron chi connectivity index (χ0n) is 8.91. The van der Waals surface area contributed by atoms with Gasteiger partial charge in [-0.25, -0.2) is 0 Å².